The average Bonchev–Trinajstić information content (AvgIpc) is 2.88. The van der Waals surface area contributed by atoms with Gasteiger partial charge in [0.25, 0.3) is 0 Å². The summed E-state index contributed by atoms with van der Waals surface area (Å²) in [4.78, 5) is 4.20. The molecular weight excluding hydrogens is 196 g/mol. The molecule has 0 spiro atoms. The number of aromatic nitrogens is 1. The Hall–Kier alpha value is -1.31. The van der Waals surface area contributed by atoms with Gasteiger partial charge in [0.15, 0.2) is 0 Å². The third-order valence-corrected chi connectivity index (χ3v) is 3.86. The van der Waals surface area contributed by atoms with Crippen molar-refractivity contribution in [2.45, 2.75) is 19.8 Å². The molecule has 3 atom stereocenters. The molecule has 84 valence electrons. The predicted molar refractivity (Wildman–Crippen MR) is 66.3 cm³/mol. The SMILES string of the molecule is Cc1cncc(NCC2CC3C=CC2C3)c1. The molecule has 2 nitrogen and oxygen atoms in total. The van der Waals surface area contributed by atoms with Crippen molar-refractivity contribution in [1.29, 1.82) is 0 Å². The fourth-order valence-corrected chi connectivity index (χ4v) is 3.03. The second-order valence-corrected chi connectivity index (χ2v) is 5.17. The Morgan fingerprint density at radius 1 is 1.31 bits per heavy atom. The molecule has 2 aliphatic carbocycles. The van der Waals surface area contributed by atoms with Gasteiger partial charge in [-0.2, -0.15) is 0 Å². The van der Waals surface area contributed by atoms with E-state index in [-0.39, 0.29) is 0 Å². The van der Waals surface area contributed by atoms with Gasteiger partial charge in [-0.25, -0.2) is 0 Å². The number of pyridine rings is 1. The lowest BCUT2D eigenvalue weighted by Crippen LogP contribution is -2.18. The molecule has 1 heterocycles. The normalized spacial score (nSPS) is 30.9. The Bertz CT molecular complexity index is 411. The lowest BCUT2D eigenvalue weighted by Gasteiger charge is -2.19. The highest BCUT2D eigenvalue weighted by Crippen LogP contribution is 2.43. The van der Waals surface area contributed by atoms with E-state index in [9.17, 15) is 0 Å². The molecular formula is C14H18N2. The average molecular weight is 214 g/mol. The van der Waals surface area contributed by atoms with E-state index in [1.54, 1.807) is 0 Å². The number of nitrogens with zero attached hydrogens (tertiary/aromatic N) is 1. The van der Waals surface area contributed by atoms with Gasteiger partial charge in [-0.3, -0.25) is 4.98 Å². The number of anilines is 1. The highest BCUT2D eigenvalue weighted by Gasteiger charge is 2.35. The summed E-state index contributed by atoms with van der Waals surface area (Å²) >= 11 is 0. The van der Waals surface area contributed by atoms with Gasteiger partial charge in [-0.05, 0) is 49.1 Å². The first kappa shape index (κ1) is 9.88. The first-order chi connectivity index (χ1) is 7.81. The van der Waals surface area contributed by atoms with Crippen LogP contribution in [-0.2, 0) is 0 Å². The van der Waals surface area contributed by atoms with Crippen molar-refractivity contribution in [3.8, 4) is 0 Å². The minimum Gasteiger partial charge on any atom is -0.383 e. The molecule has 0 aromatic carbocycles. The zero-order valence-corrected chi connectivity index (χ0v) is 9.69. The highest BCUT2D eigenvalue weighted by atomic mass is 14.9. The van der Waals surface area contributed by atoms with Crippen molar-refractivity contribution in [3.05, 3.63) is 36.2 Å². The van der Waals surface area contributed by atoms with Crippen LogP contribution >= 0.6 is 0 Å². The lowest BCUT2D eigenvalue weighted by atomic mass is 9.93. The van der Waals surface area contributed by atoms with Crippen molar-refractivity contribution in [1.82, 2.24) is 4.98 Å². The minimum atomic E-state index is 0.829. The van der Waals surface area contributed by atoms with E-state index < -0.39 is 0 Å². The van der Waals surface area contributed by atoms with E-state index in [4.69, 9.17) is 0 Å². The molecule has 3 rings (SSSR count). The van der Waals surface area contributed by atoms with Crippen LogP contribution < -0.4 is 5.32 Å². The summed E-state index contributed by atoms with van der Waals surface area (Å²) in [6, 6.07) is 2.16. The van der Waals surface area contributed by atoms with Crippen LogP contribution in [0.25, 0.3) is 0 Å². The van der Waals surface area contributed by atoms with Gasteiger partial charge >= 0.3 is 0 Å². The maximum absolute atomic E-state index is 4.20. The van der Waals surface area contributed by atoms with Crippen LogP contribution in [0, 0.1) is 24.7 Å². The van der Waals surface area contributed by atoms with Gasteiger partial charge in [-0.1, -0.05) is 12.2 Å². The van der Waals surface area contributed by atoms with Crippen LogP contribution in [0.4, 0.5) is 5.69 Å². The zero-order chi connectivity index (χ0) is 11.0. The Balaban J connectivity index is 1.59. The molecule has 1 N–H and O–H groups in total. The van der Waals surface area contributed by atoms with Gasteiger partial charge in [0.05, 0.1) is 5.69 Å². The Labute approximate surface area is 96.8 Å². The smallest absolute Gasteiger partial charge is 0.0529 e. The molecule has 16 heavy (non-hydrogen) atoms. The molecule has 2 aliphatic rings. The van der Waals surface area contributed by atoms with Crippen LogP contribution in [-0.4, -0.2) is 11.5 Å². The molecule has 2 bridgehead atoms. The van der Waals surface area contributed by atoms with E-state index in [0.717, 1.165) is 30.0 Å². The van der Waals surface area contributed by atoms with Crippen molar-refractivity contribution in [3.63, 3.8) is 0 Å². The summed E-state index contributed by atoms with van der Waals surface area (Å²) in [7, 11) is 0. The first-order valence-corrected chi connectivity index (χ1v) is 6.15. The number of nitrogens with one attached hydrogen (secondary N) is 1. The van der Waals surface area contributed by atoms with Crippen molar-refractivity contribution < 1.29 is 0 Å². The molecule has 3 unspecified atom stereocenters. The Morgan fingerprint density at radius 2 is 2.25 bits per heavy atom. The first-order valence-electron chi connectivity index (χ1n) is 6.15. The Morgan fingerprint density at radius 3 is 2.94 bits per heavy atom. The number of aryl methyl sites for hydroxylation is 1. The van der Waals surface area contributed by atoms with E-state index in [1.807, 2.05) is 12.4 Å². The van der Waals surface area contributed by atoms with Gasteiger partial charge < -0.3 is 5.32 Å². The molecule has 1 saturated carbocycles. The van der Waals surface area contributed by atoms with Gasteiger partial charge in [0, 0.05) is 18.9 Å². The zero-order valence-electron chi connectivity index (χ0n) is 9.69. The Kier molecular flexibility index (Phi) is 2.43. The third-order valence-electron chi connectivity index (χ3n) is 3.86. The largest absolute Gasteiger partial charge is 0.383 e. The summed E-state index contributed by atoms with van der Waals surface area (Å²) in [5.41, 5.74) is 2.38. The molecule has 1 aromatic rings. The molecule has 2 heteroatoms. The fraction of sp³-hybridized carbons (Fsp3) is 0.500. The molecule has 0 saturated heterocycles. The monoisotopic (exact) mass is 214 g/mol. The summed E-state index contributed by atoms with van der Waals surface area (Å²) < 4.78 is 0. The summed E-state index contributed by atoms with van der Waals surface area (Å²) in [5.74, 6) is 2.53. The third kappa shape index (κ3) is 1.84. The number of hydrogen-bond acceptors (Lipinski definition) is 2. The molecule has 0 radical (unpaired) electrons. The van der Waals surface area contributed by atoms with Gasteiger partial charge in [0.1, 0.15) is 0 Å². The van der Waals surface area contributed by atoms with Crippen molar-refractivity contribution in [2.75, 3.05) is 11.9 Å². The van der Waals surface area contributed by atoms with Crippen molar-refractivity contribution >= 4 is 5.69 Å². The quantitative estimate of drug-likeness (QED) is 0.782. The second-order valence-electron chi connectivity index (χ2n) is 5.17. The second kappa shape index (κ2) is 3.93. The van der Waals surface area contributed by atoms with Crippen LogP contribution in [0.15, 0.2) is 30.6 Å². The number of rotatable bonds is 3. The summed E-state index contributed by atoms with van der Waals surface area (Å²) in [5, 5.41) is 3.52. The predicted octanol–water partition coefficient (Wildman–Crippen LogP) is 3.01. The van der Waals surface area contributed by atoms with Gasteiger partial charge in [-0.15, -0.1) is 0 Å². The van der Waals surface area contributed by atoms with Crippen LogP contribution in [0.1, 0.15) is 18.4 Å². The van der Waals surface area contributed by atoms with E-state index in [0.29, 0.717) is 0 Å². The van der Waals surface area contributed by atoms with Crippen molar-refractivity contribution in [2.24, 2.45) is 17.8 Å². The highest BCUT2D eigenvalue weighted by molar-refractivity contribution is 5.42. The van der Waals surface area contributed by atoms with E-state index >= 15 is 0 Å². The molecule has 0 aliphatic heterocycles. The number of allylic oxidation sites excluding steroid dienone is 2. The molecule has 1 aromatic heterocycles. The van der Waals surface area contributed by atoms with Gasteiger partial charge in [0.2, 0.25) is 0 Å². The number of hydrogen-bond donors (Lipinski definition) is 1. The van der Waals surface area contributed by atoms with Crippen LogP contribution in [0.3, 0.4) is 0 Å². The summed E-state index contributed by atoms with van der Waals surface area (Å²) in [6.07, 6.45) is 11.4. The van der Waals surface area contributed by atoms with Crippen LogP contribution in [0.2, 0.25) is 0 Å². The molecule has 0 amide bonds. The minimum absolute atomic E-state index is 0.829. The number of fused-ring (bicyclic) bond motifs is 2. The topological polar surface area (TPSA) is 24.9 Å². The lowest BCUT2D eigenvalue weighted by molar-refractivity contribution is 0.472. The van der Waals surface area contributed by atoms with Crippen LogP contribution in [0.5, 0.6) is 0 Å². The summed E-state index contributed by atoms with van der Waals surface area (Å²) in [6.45, 7) is 3.18. The standard InChI is InChI=1S/C14H18N2/c1-10-4-14(9-15-7-10)16-8-13-6-11-2-3-12(13)5-11/h2-4,7,9,11-13,16H,5-6,8H2,1H3. The van der Waals surface area contributed by atoms with E-state index in [2.05, 4.69) is 35.4 Å². The molecule has 1 fully saturated rings. The maximum atomic E-state index is 4.20. The van der Waals surface area contributed by atoms with E-state index in [1.165, 1.54) is 18.4 Å². The maximum Gasteiger partial charge on any atom is 0.0529 e. The fourth-order valence-electron chi connectivity index (χ4n) is 3.03.